The summed E-state index contributed by atoms with van der Waals surface area (Å²) in [5, 5.41) is 10.9. The van der Waals surface area contributed by atoms with E-state index < -0.39 is 11.4 Å². The van der Waals surface area contributed by atoms with Crippen LogP contribution in [-0.4, -0.2) is 46.8 Å². The predicted molar refractivity (Wildman–Crippen MR) is 132 cm³/mol. The van der Waals surface area contributed by atoms with E-state index in [1.165, 1.54) is 10.9 Å². The van der Waals surface area contributed by atoms with Crippen molar-refractivity contribution in [2.45, 2.75) is 18.9 Å². The Bertz CT molecular complexity index is 1430. The van der Waals surface area contributed by atoms with Crippen molar-refractivity contribution >= 4 is 54.9 Å². The average molecular weight is 462 g/mol. The molecule has 168 valence electrons. The van der Waals surface area contributed by atoms with Crippen LogP contribution in [0.25, 0.3) is 21.1 Å². The molecule has 0 bridgehead atoms. The number of hydrogen-bond acceptors (Lipinski definition) is 7. The molecule has 2 aromatic heterocycles. The Labute approximate surface area is 193 Å². The Morgan fingerprint density at radius 3 is 2.52 bits per heavy atom. The predicted octanol–water partition coefficient (Wildman–Crippen LogP) is 3.55. The SMILES string of the molecule is Nc1cc2c(=O)c(C(=O)O)cn(C3CC3)c2cc1N1CCN(c2nc3ccccc3s2)CC1. The Morgan fingerprint density at radius 2 is 1.82 bits per heavy atom. The lowest BCUT2D eigenvalue weighted by Gasteiger charge is -2.36. The van der Waals surface area contributed by atoms with Gasteiger partial charge in [0.15, 0.2) is 5.13 Å². The van der Waals surface area contributed by atoms with Gasteiger partial charge in [-0.2, -0.15) is 0 Å². The first kappa shape index (κ1) is 20.0. The fraction of sp³-hybridized carbons (Fsp3) is 0.292. The summed E-state index contributed by atoms with van der Waals surface area (Å²) >= 11 is 1.71. The van der Waals surface area contributed by atoms with E-state index in [2.05, 4.69) is 15.9 Å². The summed E-state index contributed by atoms with van der Waals surface area (Å²) in [6.07, 6.45) is 3.46. The molecule has 9 heteroatoms. The first-order chi connectivity index (χ1) is 16.0. The van der Waals surface area contributed by atoms with Crippen molar-refractivity contribution in [2.75, 3.05) is 41.7 Å². The van der Waals surface area contributed by atoms with Crippen LogP contribution in [0, 0.1) is 0 Å². The molecule has 33 heavy (non-hydrogen) atoms. The Kier molecular flexibility index (Phi) is 4.55. The van der Waals surface area contributed by atoms with Crippen molar-refractivity contribution in [1.29, 1.82) is 0 Å². The second-order valence-electron chi connectivity index (χ2n) is 8.68. The van der Waals surface area contributed by atoms with Crippen LogP contribution >= 0.6 is 11.3 Å². The van der Waals surface area contributed by atoms with Crippen LogP contribution in [0.15, 0.2) is 47.4 Å². The van der Waals surface area contributed by atoms with E-state index >= 15 is 0 Å². The minimum absolute atomic E-state index is 0.203. The molecule has 0 spiro atoms. The molecule has 6 rings (SSSR count). The number of aromatic carboxylic acids is 1. The number of nitrogens with zero attached hydrogens (tertiary/aromatic N) is 4. The lowest BCUT2D eigenvalue weighted by molar-refractivity contribution is 0.0695. The highest BCUT2D eigenvalue weighted by molar-refractivity contribution is 7.22. The molecule has 0 atom stereocenters. The van der Waals surface area contributed by atoms with Crippen molar-refractivity contribution in [1.82, 2.24) is 9.55 Å². The molecular weight excluding hydrogens is 438 g/mol. The lowest BCUT2D eigenvalue weighted by Crippen LogP contribution is -2.46. The van der Waals surface area contributed by atoms with Crippen LogP contribution in [0.5, 0.6) is 0 Å². The summed E-state index contributed by atoms with van der Waals surface area (Å²) in [5.41, 5.74) is 8.88. The third-order valence-corrected chi connectivity index (χ3v) is 7.62. The maximum absolute atomic E-state index is 12.8. The second-order valence-corrected chi connectivity index (χ2v) is 9.69. The molecule has 8 nitrogen and oxygen atoms in total. The molecule has 3 heterocycles. The smallest absolute Gasteiger partial charge is 0.341 e. The number of piperazine rings is 1. The first-order valence-electron chi connectivity index (χ1n) is 11.1. The number of rotatable bonds is 4. The molecule has 2 fully saturated rings. The maximum atomic E-state index is 12.8. The van der Waals surface area contributed by atoms with Crippen LogP contribution in [0.4, 0.5) is 16.5 Å². The fourth-order valence-electron chi connectivity index (χ4n) is 4.62. The summed E-state index contributed by atoms with van der Waals surface area (Å²) in [6, 6.07) is 12.0. The molecule has 4 aromatic rings. The lowest BCUT2D eigenvalue weighted by atomic mass is 10.1. The largest absolute Gasteiger partial charge is 0.477 e. The standard InChI is InChI=1S/C24H23N5O3S/c25-17-11-15-19(29(14-5-6-14)13-16(22(15)30)23(31)32)12-20(17)27-7-9-28(10-8-27)24-26-18-3-1-2-4-21(18)33-24/h1-4,11-14H,5-10,25H2,(H,31,32). The molecule has 0 radical (unpaired) electrons. The highest BCUT2D eigenvalue weighted by Gasteiger charge is 2.28. The zero-order valence-corrected chi connectivity index (χ0v) is 18.7. The molecule has 3 N–H and O–H groups in total. The third kappa shape index (κ3) is 3.39. The van der Waals surface area contributed by atoms with Crippen LogP contribution < -0.4 is 21.0 Å². The fourth-order valence-corrected chi connectivity index (χ4v) is 5.63. The number of hydrogen-bond donors (Lipinski definition) is 2. The second kappa shape index (κ2) is 7.48. The van der Waals surface area contributed by atoms with Crippen LogP contribution in [0.1, 0.15) is 29.2 Å². The summed E-state index contributed by atoms with van der Waals surface area (Å²) in [7, 11) is 0. The third-order valence-electron chi connectivity index (χ3n) is 6.52. The monoisotopic (exact) mass is 461 g/mol. The number of nitrogen functional groups attached to an aromatic ring is 1. The average Bonchev–Trinajstić information content (AvgIpc) is 3.57. The van der Waals surface area contributed by atoms with E-state index in [-0.39, 0.29) is 11.6 Å². The molecule has 1 aliphatic heterocycles. The molecule has 2 aliphatic rings. The zero-order chi connectivity index (χ0) is 22.7. The van der Waals surface area contributed by atoms with Crippen LogP contribution in [0.2, 0.25) is 0 Å². The van der Waals surface area contributed by atoms with Crippen molar-refractivity contribution < 1.29 is 9.90 Å². The van der Waals surface area contributed by atoms with Crippen molar-refractivity contribution in [3.63, 3.8) is 0 Å². The van der Waals surface area contributed by atoms with Crippen molar-refractivity contribution in [3.8, 4) is 0 Å². The van der Waals surface area contributed by atoms with Crippen LogP contribution in [0.3, 0.4) is 0 Å². The number of fused-ring (bicyclic) bond motifs is 2. The number of carboxylic acids is 1. The van der Waals surface area contributed by atoms with Gasteiger partial charge in [-0.05, 0) is 37.1 Å². The topological polar surface area (TPSA) is 105 Å². The van der Waals surface area contributed by atoms with Gasteiger partial charge in [0.2, 0.25) is 5.43 Å². The van der Waals surface area contributed by atoms with E-state index in [4.69, 9.17) is 10.7 Å². The van der Waals surface area contributed by atoms with Gasteiger partial charge in [-0.25, -0.2) is 9.78 Å². The molecule has 1 saturated carbocycles. The van der Waals surface area contributed by atoms with Crippen molar-refractivity contribution in [2.24, 2.45) is 0 Å². The highest BCUT2D eigenvalue weighted by atomic mass is 32.1. The normalized spacial score (nSPS) is 16.6. The van der Waals surface area contributed by atoms with E-state index in [0.29, 0.717) is 11.1 Å². The molecule has 1 saturated heterocycles. The molecule has 0 unspecified atom stereocenters. The highest BCUT2D eigenvalue weighted by Crippen LogP contribution is 2.39. The number of benzene rings is 2. The van der Waals surface area contributed by atoms with Gasteiger partial charge in [0.05, 0.1) is 27.1 Å². The van der Waals surface area contributed by atoms with E-state index in [9.17, 15) is 14.7 Å². The van der Waals surface area contributed by atoms with Gasteiger partial charge in [-0.1, -0.05) is 23.5 Å². The van der Waals surface area contributed by atoms with Gasteiger partial charge in [-0.3, -0.25) is 4.79 Å². The number of para-hydroxylation sites is 1. The minimum Gasteiger partial charge on any atom is -0.477 e. The van der Waals surface area contributed by atoms with Gasteiger partial charge in [0.1, 0.15) is 5.56 Å². The van der Waals surface area contributed by atoms with E-state index in [1.807, 2.05) is 28.8 Å². The maximum Gasteiger partial charge on any atom is 0.341 e. The van der Waals surface area contributed by atoms with Gasteiger partial charge < -0.3 is 25.2 Å². The van der Waals surface area contributed by atoms with Crippen LogP contribution in [-0.2, 0) is 0 Å². The number of carboxylic acid groups (broad SMARTS) is 1. The number of nitrogens with two attached hydrogens (primary N) is 1. The summed E-state index contributed by atoms with van der Waals surface area (Å²) in [5.74, 6) is -1.20. The minimum atomic E-state index is -1.20. The summed E-state index contributed by atoms with van der Waals surface area (Å²) in [4.78, 5) is 33.7. The van der Waals surface area contributed by atoms with Gasteiger partial charge in [-0.15, -0.1) is 0 Å². The molecule has 2 aromatic carbocycles. The van der Waals surface area contributed by atoms with Crippen molar-refractivity contribution in [3.05, 3.63) is 58.4 Å². The zero-order valence-electron chi connectivity index (χ0n) is 17.9. The number of aromatic nitrogens is 2. The first-order valence-corrected chi connectivity index (χ1v) is 11.9. The van der Waals surface area contributed by atoms with Gasteiger partial charge >= 0.3 is 5.97 Å². The quantitative estimate of drug-likeness (QED) is 0.448. The number of thiazole rings is 1. The molecule has 0 amide bonds. The molecule has 1 aliphatic carbocycles. The van der Waals surface area contributed by atoms with E-state index in [0.717, 1.165) is 60.9 Å². The van der Waals surface area contributed by atoms with E-state index in [1.54, 1.807) is 17.4 Å². The Balaban J connectivity index is 1.32. The van der Waals surface area contributed by atoms with Gasteiger partial charge in [0.25, 0.3) is 0 Å². The summed E-state index contributed by atoms with van der Waals surface area (Å²) in [6.45, 7) is 3.22. The molecular formula is C24H23N5O3S. The Morgan fingerprint density at radius 1 is 1.09 bits per heavy atom. The summed E-state index contributed by atoms with van der Waals surface area (Å²) < 4.78 is 3.13. The number of pyridine rings is 1. The van der Waals surface area contributed by atoms with Gasteiger partial charge in [0, 0.05) is 43.8 Å². The Hall–Kier alpha value is -3.59. The number of anilines is 3. The number of carbonyl (C=O) groups is 1.